The summed E-state index contributed by atoms with van der Waals surface area (Å²) in [6.07, 6.45) is 3.78. The van der Waals surface area contributed by atoms with Gasteiger partial charge in [0.1, 0.15) is 11.6 Å². The summed E-state index contributed by atoms with van der Waals surface area (Å²) in [6, 6.07) is 7.34. The first-order valence-electron chi connectivity index (χ1n) is 8.49. The van der Waals surface area contributed by atoms with Crippen molar-refractivity contribution in [2.75, 3.05) is 18.0 Å². The summed E-state index contributed by atoms with van der Waals surface area (Å²) >= 11 is 0. The molecule has 2 aromatic rings. The van der Waals surface area contributed by atoms with Gasteiger partial charge >= 0.3 is 6.03 Å². The first kappa shape index (κ1) is 17.3. The van der Waals surface area contributed by atoms with Gasteiger partial charge in [0.05, 0.1) is 25.0 Å². The number of nitrogens with zero attached hydrogens (tertiary/aromatic N) is 2. The highest BCUT2D eigenvalue weighted by Gasteiger charge is 2.22. The monoisotopic (exact) mass is 344 g/mol. The van der Waals surface area contributed by atoms with Crippen LogP contribution in [0.5, 0.6) is 0 Å². The summed E-state index contributed by atoms with van der Waals surface area (Å²) in [5.41, 5.74) is 0.950. The second kappa shape index (κ2) is 8.02. The molecule has 1 aliphatic rings. The Morgan fingerprint density at radius 2 is 1.96 bits per heavy atom. The molecule has 0 bridgehead atoms. The van der Waals surface area contributed by atoms with Gasteiger partial charge in [0, 0.05) is 25.8 Å². The lowest BCUT2D eigenvalue weighted by Crippen LogP contribution is -2.45. The predicted octanol–water partition coefficient (Wildman–Crippen LogP) is 2.29. The summed E-state index contributed by atoms with van der Waals surface area (Å²) < 4.78 is 10.9. The predicted molar refractivity (Wildman–Crippen MR) is 94.2 cm³/mol. The Labute approximate surface area is 147 Å². The van der Waals surface area contributed by atoms with Crippen LogP contribution in [0.25, 0.3) is 0 Å². The Morgan fingerprint density at radius 3 is 2.60 bits per heavy atom. The fourth-order valence-corrected chi connectivity index (χ4v) is 2.90. The number of carbonyl (C=O) groups is 1. The maximum atomic E-state index is 11.8. The fraction of sp³-hybridized carbons (Fsp3) is 0.444. The van der Waals surface area contributed by atoms with Crippen molar-refractivity contribution < 1.29 is 13.9 Å². The Morgan fingerprint density at radius 1 is 1.20 bits per heavy atom. The molecule has 1 aliphatic heterocycles. The maximum Gasteiger partial charge on any atom is 0.315 e. The molecule has 1 saturated heterocycles. The minimum atomic E-state index is -0.240. The van der Waals surface area contributed by atoms with E-state index in [0.29, 0.717) is 13.1 Å². The highest BCUT2D eigenvalue weighted by molar-refractivity contribution is 5.73. The van der Waals surface area contributed by atoms with E-state index in [1.54, 1.807) is 18.5 Å². The number of hydrogen-bond donors (Lipinski definition) is 2. The van der Waals surface area contributed by atoms with Crippen molar-refractivity contribution in [2.45, 2.75) is 39.1 Å². The highest BCUT2D eigenvalue weighted by Crippen LogP contribution is 2.18. The van der Waals surface area contributed by atoms with E-state index < -0.39 is 0 Å². The van der Waals surface area contributed by atoms with Gasteiger partial charge in [-0.3, -0.25) is 0 Å². The third-order valence-corrected chi connectivity index (χ3v) is 4.01. The molecule has 3 rings (SSSR count). The molecule has 0 aliphatic carbocycles. The molecule has 0 radical (unpaired) electrons. The van der Waals surface area contributed by atoms with Gasteiger partial charge in [0.2, 0.25) is 0 Å². The SMILES string of the molecule is C[C@@H]1CN(c2ccc(CNC(=O)NCc3ccco3)cn2)C[C@@H](C)O1. The number of aromatic nitrogens is 1. The number of anilines is 1. The van der Waals surface area contributed by atoms with E-state index in [2.05, 4.69) is 34.4 Å². The van der Waals surface area contributed by atoms with Gasteiger partial charge in [-0.1, -0.05) is 6.07 Å². The number of rotatable bonds is 5. The highest BCUT2D eigenvalue weighted by atomic mass is 16.5. The van der Waals surface area contributed by atoms with Crippen molar-refractivity contribution in [1.29, 1.82) is 0 Å². The lowest BCUT2D eigenvalue weighted by atomic mass is 10.2. The molecule has 2 atom stereocenters. The zero-order chi connectivity index (χ0) is 17.6. The standard InChI is InChI=1S/C18H24N4O3/c1-13-11-22(12-14(2)25-13)17-6-5-15(8-19-17)9-20-18(23)21-10-16-4-3-7-24-16/h3-8,13-14H,9-12H2,1-2H3,(H2,20,21,23)/t13-,14-/m1/s1. The number of hydrogen-bond acceptors (Lipinski definition) is 5. The zero-order valence-corrected chi connectivity index (χ0v) is 14.6. The number of carbonyl (C=O) groups excluding carboxylic acids is 1. The topological polar surface area (TPSA) is 79.6 Å². The maximum absolute atomic E-state index is 11.8. The lowest BCUT2D eigenvalue weighted by Gasteiger charge is -2.36. The normalized spacial score (nSPS) is 20.3. The minimum Gasteiger partial charge on any atom is -0.467 e. The van der Waals surface area contributed by atoms with Crippen LogP contribution < -0.4 is 15.5 Å². The number of urea groups is 1. The zero-order valence-electron chi connectivity index (χ0n) is 14.6. The van der Waals surface area contributed by atoms with Crippen molar-refractivity contribution in [3.8, 4) is 0 Å². The van der Waals surface area contributed by atoms with Crippen molar-refractivity contribution in [3.05, 3.63) is 48.0 Å². The summed E-state index contributed by atoms with van der Waals surface area (Å²) in [5.74, 6) is 1.66. The van der Waals surface area contributed by atoms with Crippen LogP contribution in [0.2, 0.25) is 0 Å². The number of ether oxygens (including phenoxy) is 1. The third-order valence-electron chi connectivity index (χ3n) is 4.01. The van der Waals surface area contributed by atoms with E-state index in [0.717, 1.165) is 30.2 Å². The van der Waals surface area contributed by atoms with Crippen molar-refractivity contribution in [3.63, 3.8) is 0 Å². The van der Waals surface area contributed by atoms with Crippen molar-refractivity contribution in [2.24, 2.45) is 0 Å². The molecule has 2 N–H and O–H groups in total. The number of nitrogens with one attached hydrogen (secondary N) is 2. The average molecular weight is 344 g/mol. The average Bonchev–Trinajstić information content (AvgIpc) is 3.11. The second-order valence-corrected chi connectivity index (χ2v) is 6.30. The third kappa shape index (κ3) is 4.96. The van der Waals surface area contributed by atoms with E-state index in [-0.39, 0.29) is 18.2 Å². The Kier molecular flexibility index (Phi) is 5.55. The quantitative estimate of drug-likeness (QED) is 0.870. The molecule has 0 unspecified atom stereocenters. The van der Waals surface area contributed by atoms with Gasteiger partial charge in [0.25, 0.3) is 0 Å². The van der Waals surface area contributed by atoms with E-state index in [9.17, 15) is 4.79 Å². The molecule has 2 aromatic heterocycles. The van der Waals surface area contributed by atoms with Crippen molar-refractivity contribution in [1.82, 2.24) is 15.6 Å². The Balaban J connectivity index is 1.46. The van der Waals surface area contributed by atoms with Gasteiger partial charge in [-0.15, -0.1) is 0 Å². The molecule has 0 spiro atoms. The molecule has 0 saturated carbocycles. The van der Waals surface area contributed by atoms with Crippen LogP contribution in [0.3, 0.4) is 0 Å². The van der Waals surface area contributed by atoms with Gasteiger partial charge < -0.3 is 24.7 Å². The van der Waals surface area contributed by atoms with Crippen LogP contribution in [-0.4, -0.2) is 36.3 Å². The van der Waals surface area contributed by atoms with Crippen LogP contribution in [0.1, 0.15) is 25.2 Å². The Hall–Kier alpha value is -2.54. The van der Waals surface area contributed by atoms with Gasteiger partial charge in [-0.2, -0.15) is 0 Å². The fourth-order valence-electron chi connectivity index (χ4n) is 2.90. The van der Waals surface area contributed by atoms with E-state index in [4.69, 9.17) is 9.15 Å². The van der Waals surface area contributed by atoms with Crippen molar-refractivity contribution >= 4 is 11.8 Å². The molecule has 3 heterocycles. The number of pyridine rings is 1. The second-order valence-electron chi connectivity index (χ2n) is 6.30. The first-order valence-corrected chi connectivity index (χ1v) is 8.49. The molecule has 2 amide bonds. The Bertz CT molecular complexity index is 662. The van der Waals surface area contributed by atoms with E-state index in [1.807, 2.05) is 18.2 Å². The van der Waals surface area contributed by atoms with Crippen LogP contribution >= 0.6 is 0 Å². The molecule has 0 aromatic carbocycles. The summed E-state index contributed by atoms with van der Waals surface area (Å²) in [7, 11) is 0. The first-order chi connectivity index (χ1) is 12.1. The molecule has 1 fully saturated rings. The molecule has 134 valence electrons. The molecule has 7 nitrogen and oxygen atoms in total. The smallest absolute Gasteiger partial charge is 0.315 e. The van der Waals surface area contributed by atoms with Crippen LogP contribution in [-0.2, 0) is 17.8 Å². The minimum absolute atomic E-state index is 0.199. The molecular weight excluding hydrogens is 320 g/mol. The lowest BCUT2D eigenvalue weighted by molar-refractivity contribution is -0.00546. The molecule has 7 heteroatoms. The molecule has 25 heavy (non-hydrogen) atoms. The number of furan rings is 1. The van der Waals surface area contributed by atoms with Gasteiger partial charge in [-0.25, -0.2) is 9.78 Å². The van der Waals surface area contributed by atoms with E-state index in [1.165, 1.54) is 0 Å². The number of morpholine rings is 1. The summed E-state index contributed by atoms with van der Waals surface area (Å²) in [6.45, 7) is 6.61. The van der Waals surface area contributed by atoms with Crippen LogP contribution in [0, 0.1) is 0 Å². The van der Waals surface area contributed by atoms with Gasteiger partial charge in [0.15, 0.2) is 0 Å². The summed E-state index contributed by atoms with van der Waals surface area (Å²) in [5, 5.41) is 5.55. The largest absolute Gasteiger partial charge is 0.467 e. The summed E-state index contributed by atoms with van der Waals surface area (Å²) in [4.78, 5) is 18.5. The molecular formula is C18H24N4O3. The van der Waals surface area contributed by atoms with Gasteiger partial charge in [-0.05, 0) is 37.6 Å². The number of amides is 2. The van der Waals surface area contributed by atoms with E-state index >= 15 is 0 Å². The van der Waals surface area contributed by atoms with Crippen LogP contribution in [0.4, 0.5) is 10.6 Å². The van der Waals surface area contributed by atoms with Crippen LogP contribution in [0.15, 0.2) is 41.1 Å².